The van der Waals surface area contributed by atoms with Crippen molar-refractivity contribution >= 4 is 5.97 Å². The molecular formula is C15H25NO3. The lowest BCUT2D eigenvalue weighted by Gasteiger charge is -2.38. The number of fused-ring (bicyclic) bond motifs is 1. The Labute approximate surface area is 115 Å². The molecule has 1 N–H and O–H groups in total. The predicted molar refractivity (Wildman–Crippen MR) is 72.1 cm³/mol. The Balaban J connectivity index is 1.79. The number of carbonyl (C=O) groups is 1. The predicted octanol–water partition coefficient (Wildman–Crippen LogP) is 2.27. The molecule has 2 saturated heterocycles. The molecule has 3 aliphatic rings. The third-order valence-electron chi connectivity index (χ3n) is 5.27. The molecule has 108 valence electrons. The van der Waals surface area contributed by atoms with Gasteiger partial charge in [-0.05, 0) is 44.4 Å². The van der Waals surface area contributed by atoms with Crippen molar-refractivity contribution in [3.8, 4) is 0 Å². The van der Waals surface area contributed by atoms with Gasteiger partial charge < -0.3 is 9.84 Å². The van der Waals surface area contributed by atoms with Crippen LogP contribution in [-0.4, -0.2) is 47.3 Å². The van der Waals surface area contributed by atoms with Gasteiger partial charge in [-0.3, -0.25) is 9.69 Å². The minimum Gasteiger partial charge on any atom is -0.480 e. The summed E-state index contributed by atoms with van der Waals surface area (Å²) >= 11 is 0. The summed E-state index contributed by atoms with van der Waals surface area (Å²) in [4.78, 5) is 14.0. The third-order valence-corrected chi connectivity index (χ3v) is 5.27. The van der Waals surface area contributed by atoms with E-state index in [9.17, 15) is 9.90 Å². The zero-order chi connectivity index (χ0) is 13.2. The largest absolute Gasteiger partial charge is 0.480 e. The number of hydrogen-bond acceptors (Lipinski definition) is 3. The van der Waals surface area contributed by atoms with Crippen LogP contribution in [0.3, 0.4) is 0 Å². The highest BCUT2D eigenvalue weighted by atomic mass is 16.5. The molecule has 2 aliphatic heterocycles. The van der Waals surface area contributed by atoms with Crippen molar-refractivity contribution in [1.82, 2.24) is 4.90 Å². The van der Waals surface area contributed by atoms with Crippen LogP contribution in [0, 0.1) is 5.92 Å². The highest BCUT2D eigenvalue weighted by Crippen LogP contribution is 2.42. The summed E-state index contributed by atoms with van der Waals surface area (Å²) < 4.78 is 5.54. The summed E-state index contributed by atoms with van der Waals surface area (Å²) in [6, 6.07) is 0.714. The molecule has 3 rings (SSSR count). The summed E-state index contributed by atoms with van der Waals surface area (Å²) in [7, 11) is 0. The van der Waals surface area contributed by atoms with Crippen LogP contribution in [0.2, 0.25) is 0 Å². The first-order valence-corrected chi connectivity index (χ1v) is 7.85. The molecule has 0 amide bonds. The van der Waals surface area contributed by atoms with Crippen LogP contribution in [0.4, 0.5) is 0 Å². The molecule has 4 unspecified atom stereocenters. The van der Waals surface area contributed by atoms with Crippen LogP contribution < -0.4 is 0 Å². The Bertz CT molecular complexity index is 325. The Morgan fingerprint density at radius 3 is 2.74 bits per heavy atom. The van der Waals surface area contributed by atoms with Gasteiger partial charge >= 0.3 is 5.97 Å². The molecule has 19 heavy (non-hydrogen) atoms. The average molecular weight is 267 g/mol. The van der Waals surface area contributed by atoms with Crippen LogP contribution in [-0.2, 0) is 9.53 Å². The molecule has 0 aromatic carbocycles. The van der Waals surface area contributed by atoms with Crippen molar-refractivity contribution in [1.29, 1.82) is 0 Å². The van der Waals surface area contributed by atoms with E-state index in [0.717, 1.165) is 38.9 Å². The van der Waals surface area contributed by atoms with Crippen molar-refractivity contribution < 1.29 is 14.6 Å². The lowest BCUT2D eigenvalue weighted by atomic mass is 9.84. The normalized spacial score (nSPS) is 40.6. The SMILES string of the molecule is O=C(O)C1CC2CCCCC2N1C1CCCOCC1. The van der Waals surface area contributed by atoms with E-state index in [4.69, 9.17) is 4.74 Å². The van der Waals surface area contributed by atoms with Gasteiger partial charge in [-0.1, -0.05) is 12.8 Å². The minimum absolute atomic E-state index is 0.240. The number of carboxylic acid groups (broad SMARTS) is 1. The summed E-state index contributed by atoms with van der Waals surface area (Å²) in [6.07, 6.45) is 9.05. The van der Waals surface area contributed by atoms with Crippen LogP contribution in [0.5, 0.6) is 0 Å². The van der Waals surface area contributed by atoms with E-state index in [2.05, 4.69) is 4.90 Å². The molecule has 0 bridgehead atoms. The fourth-order valence-electron chi connectivity index (χ4n) is 4.43. The molecule has 4 heteroatoms. The van der Waals surface area contributed by atoms with Gasteiger partial charge in [0.05, 0.1) is 0 Å². The monoisotopic (exact) mass is 267 g/mol. The van der Waals surface area contributed by atoms with Gasteiger partial charge in [0.1, 0.15) is 6.04 Å². The Morgan fingerprint density at radius 1 is 1.05 bits per heavy atom. The van der Waals surface area contributed by atoms with E-state index < -0.39 is 5.97 Å². The van der Waals surface area contributed by atoms with E-state index >= 15 is 0 Å². The molecule has 0 spiro atoms. The van der Waals surface area contributed by atoms with E-state index in [1.54, 1.807) is 0 Å². The van der Waals surface area contributed by atoms with Gasteiger partial charge in [0, 0.05) is 25.3 Å². The molecule has 0 aromatic rings. The van der Waals surface area contributed by atoms with Gasteiger partial charge in [0.15, 0.2) is 0 Å². The van der Waals surface area contributed by atoms with Crippen LogP contribution in [0.25, 0.3) is 0 Å². The maximum Gasteiger partial charge on any atom is 0.320 e. The fourth-order valence-corrected chi connectivity index (χ4v) is 4.43. The average Bonchev–Trinajstić information content (AvgIpc) is 2.60. The van der Waals surface area contributed by atoms with Gasteiger partial charge in [-0.2, -0.15) is 0 Å². The molecule has 4 nitrogen and oxygen atoms in total. The highest BCUT2D eigenvalue weighted by Gasteiger charge is 2.47. The molecule has 0 aromatic heterocycles. The first-order chi connectivity index (χ1) is 9.27. The first-order valence-electron chi connectivity index (χ1n) is 7.85. The lowest BCUT2D eigenvalue weighted by Crippen LogP contribution is -2.48. The van der Waals surface area contributed by atoms with Crippen molar-refractivity contribution in [2.24, 2.45) is 5.92 Å². The molecule has 0 radical (unpaired) electrons. The van der Waals surface area contributed by atoms with Gasteiger partial charge in [0.2, 0.25) is 0 Å². The Hall–Kier alpha value is -0.610. The van der Waals surface area contributed by atoms with Crippen molar-refractivity contribution in [3.63, 3.8) is 0 Å². The zero-order valence-electron chi connectivity index (χ0n) is 11.6. The first kappa shape index (κ1) is 13.4. The number of carboxylic acids is 1. The fraction of sp³-hybridized carbons (Fsp3) is 0.933. The second-order valence-electron chi connectivity index (χ2n) is 6.35. The van der Waals surface area contributed by atoms with Crippen LogP contribution in [0.15, 0.2) is 0 Å². The highest BCUT2D eigenvalue weighted by molar-refractivity contribution is 5.74. The second-order valence-corrected chi connectivity index (χ2v) is 6.35. The van der Waals surface area contributed by atoms with E-state index in [0.29, 0.717) is 18.0 Å². The number of hydrogen-bond donors (Lipinski definition) is 1. The van der Waals surface area contributed by atoms with Crippen LogP contribution in [0.1, 0.15) is 51.4 Å². The minimum atomic E-state index is -0.612. The zero-order valence-corrected chi connectivity index (χ0v) is 11.6. The molecule has 3 fully saturated rings. The summed E-state index contributed by atoms with van der Waals surface area (Å²) in [6.45, 7) is 1.64. The van der Waals surface area contributed by atoms with E-state index in [1.807, 2.05) is 0 Å². The summed E-state index contributed by atoms with van der Waals surface area (Å²) in [5.74, 6) is 0.0126. The molecule has 4 atom stereocenters. The second kappa shape index (κ2) is 5.80. The maximum absolute atomic E-state index is 11.6. The Kier molecular flexibility index (Phi) is 4.08. The summed E-state index contributed by atoms with van der Waals surface area (Å²) in [5, 5.41) is 9.56. The molecule has 1 aliphatic carbocycles. The van der Waals surface area contributed by atoms with Crippen molar-refractivity contribution in [2.45, 2.75) is 69.5 Å². The van der Waals surface area contributed by atoms with Gasteiger partial charge in [-0.25, -0.2) is 0 Å². The maximum atomic E-state index is 11.6. The number of nitrogens with zero attached hydrogens (tertiary/aromatic N) is 1. The number of likely N-dealkylation sites (tertiary alicyclic amines) is 1. The standard InChI is InChI=1S/C15H25NO3/c17-15(18)14-10-11-4-1-2-6-13(11)16(14)12-5-3-8-19-9-7-12/h11-14H,1-10H2,(H,17,18). The number of rotatable bonds is 2. The molecule has 2 heterocycles. The van der Waals surface area contributed by atoms with E-state index in [1.165, 1.54) is 25.7 Å². The topological polar surface area (TPSA) is 49.8 Å². The van der Waals surface area contributed by atoms with Gasteiger partial charge in [-0.15, -0.1) is 0 Å². The van der Waals surface area contributed by atoms with E-state index in [-0.39, 0.29) is 6.04 Å². The van der Waals surface area contributed by atoms with Gasteiger partial charge in [0.25, 0.3) is 0 Å². The third kappa shape index (κ3) is 2.65. The summed E-state index contributed by atoms with van der Waals surface area (Å²) in [5.41, 5.74) is 0. The Morgan fingerprint density at radius 2 is 1.89 bits per heavy atom. The number of ether oxygens (including phenoxy) is 1. The van der Waals surface area contributed by atoms with Crippen molar-refractivity contribution in [2.75, 3.05) is 13.2 Å². The molecular weight excluding hydrogens is 242 g/mol. The lowest BCUT2D eigenvalue weighted by molar-refractivity contribution is -0.143. The van der Waals surface area contributed by atoms with Crippen LogP contribution >= 0.6 is 0 Å². The quantitative estimate of drug-likeness (QED) is 0.834. The van der Waals surface area contributed by atoms with Crippen molar-refractivity contribution in [3.05, 3.63) is 0 Å². The molecule has 1 saturated carbocycles. The number of aliphatic carboxylic acids is 1. The smallest absolute Gasteiger partial charge is 0.320 e.